The molecule has 0 aliphatic heterocycles. The first-order chi connectivity index (χ1) is 4.61. The van der Waals surface area contributed by atoms with E-state index >= 15 is 0 Å². The Kier molecular flexibility index (Phi) is 2.16. The molecule has 0 saturated carbocycles. The molecule has 0 saturated heterocycles. The Hall–Kier alpha value is -0.280. The van der Waals surface area contributed by atoms with Gasteiger partial charge in [-0.25, -0.2) is 0 Å². The molecule has 1 aromatic heterocycles. The summed E-state index contributed by atoms with van der Waals surface area (Å²) in [5, 5.41) is 7.42. The molecule has 0 spiro atoms. The van der Waals surface area contributed by atoms with E-state index in [0.717, 1.165) is 0 Å². The number of nitrogens with one attached hydrogen (secondary N) is 1. The van der Waals surface area contributed by atoms with Crippen LogP contribution >= 0.6 is 22.9 Å². The summed E-state index contributed by atoms with van der Waals surface area (Å²) in [6.07, 6.45) is 1.79. The van der Waals surface area contributed by atoms with E-state index in [1.807, 2.05) is 18.4 Å². The van der Waals surface area contributed by atoms with E-state index in [4.69, 9.17) is 17.0 Å². The van der Waals surface area contributed by atoms with E-state index in [-0.39, 0.29) is 0 Å². The molecule has 1 N–H and O–H groups in total. The van der Waals surface area contributed by atoms with Crippen molar-refractivity contribution in [2.45, 2.75) is 19.9 Å². The van der Waals surface area contributed by atoms with Gasteiger partial charge in [0.15, 0.2) is 4.80 Å². The highest BCUT2D eigenvalue weighted by molar-refractivity contribution is 7.13. The molecule has 0 aromatic carbocycles. The fraction of sp³-hybridized carbons (Fsp3) is 0.500. The fourth-order valence-corrected chi connectivity index (χ4v) is 1.77. The summed E-state index contributed by atoms with van der Waals surface area (Å²) in [4.78, 5) is 0.514. The van der Waals surface area contributed by atoms with E-state index in [1.54, 1.807) is 6.20 Å². The van der Waals surface area contributed by atoms with Gasteiger partial charge in [-0.1, -0.05) is 22.9 Å². The normalized spacial score (nSPS) is 10.8. The molecule has 1 rings (SSSR count). The molecule has 10 heavy (non-hydrogen) atoms. The maximum atomic E-state index is 7.42. The molecule has 0 amide bonds. The lowest BCUT2D eigenvalue weighted by Crippen LogP contribution is -2.13. The monoisotopic (exact) mass is 176 g/mol. The summed E-state index contributed by atoms with van der Waals surface area (Å²) in [7, 11) is 0. The second kappa shape index (κ2) is 2.76. The summed E-state index contributed by atoms with van der Waals surface area (Å²) in [6, 6.07) is 0.330. The third-order valence-electron chi connectivity index (χ3n) is 1.23. The van der Waals surface area contributed by atoms with Gasteiger partial charge < -0.3 is 4.57 Å². The molecule has 0 radical (unpaired) electrons. The second-order valence-corrected chi connectivity index (χ2v) is 4.00. The van der Waals surface area contributed by atoms with Gasteiger partial charge in [0.25, 0.3) is 0 Å². The van der Waals surface area contributed by atoms with Gasteiger partial charge in [-0.3, -0.25) is 5.41 Å². The Morgan fingerprint density at radius 2 is 2.30 bits per heavy atom. The molecular formula is C6H9ClN2S. The quantitative estimate of drug-likeness (QED) is 0.680. The van der Waals surface area contributed by atoms with Crippen LogP contribution in [0.2, 0.25) is 4.34 Å². The van der Waals surface area contributed by atoms with Gasteiger partial charge in [-0.2, -0.15) is 0 Å². The minimum Gasteiger partial charge on any atom is -0.320 e. The van der Waals surface area contributed by atoms with Gasteiger partial charge in [-0.15, -0.1) is 0 Å². The van der Waals surface area contributed by atoms with Crippen LogP contribution in [0, 0.1) is 5.41 Å². The predicted octanol–water partition coefficient (Wildman–Crippen LogP) is 2.26. The van der Waals surface area contributed by atoms with Crippen LogP contribution in [0.25, 0.3) is 0 Å². The second-order valence-electron chi connectivity index (χ2n) is 2.34. The number of hydrogen-bond donors (Lipinski definition) is 1. The lowest BCUT2D eigenvalue weighted by Gasteiger charge is -2.03. The van der Waals surface area contributed by atoms with Crippen molar-refractivity contribution >= 4 is 22.9 Å². The first kappa shape index (κ1) is 7.82. The van der Waals surface area contributed by atoms with Crippen molar-refractivity contribution in [3.8, 4) is 0 Å². The highest BCUT2D eigenvalue weighted by Crippen LogP contribution is 2.13. The van der Waals surface area contributed by atoms with Crippen LogP contribution in [0.5, 0.6) is 0 Å². The molecule has 0 atom stereocenters. The average Bonchev–Trinajstić information content (AvgIpc) is 2.10. The van der Waals surface area contributed by atoms with Gasteiger partial charge in [0, 0.05) is 12.2 Å². The number of thiazole rings is 1. The van der Waals surface area contributed by atoms with Crippen LogP contribution in [0.15, 0.2) is 6.20 Å². The van der Waals surface area contributed by atoms with Gasteiger partial charge >= 0.3 is 0 Å². The van der Waals surface area contributed by atoms with Crippen molar-refractivity contribution in [1.82, 2.24) is 4.57 Å². The van der Waals surface area contributed by atoms with Crippen molar-refractivity contribution in [3.63, 3.8) is 0 Å². The molecule has 0 aliphatic rings. The molecule has 1 heterocycles. The Morgan fingerprint density at radius 1 is 1.70 bits per heavy atom. The van der Waals surface area contributed by atoms with E-state index in [2.05, 4.69) is 0 Å². The molecule has 1 aromatic rings. The van der Waals surface area contributed by atoms with Crippen molar-refractivity contribution in [3.05, 3.63) is 15.3 Å². The SMILES string of the molecule is CC(C)n1cc(Cl)sc1=N. The zero-order chi connectivity index (χ0) is 7.72. The summed E-state index contributed by atoms with van der Waals surface area (Å²) < 4.78 is 2.52. The summed E-state index contributed by atoms with van der Waals surface area (Å²) in [5.74, 6) is 0. The minimum atomic E-state index is 0.330. The zero-order valence-corrected chi connectivity index (χ0v) is 7.46. The van der Waals surface area contributed by atoms with Crippen LogP contribution in [-0.2, 0) is 0 Å². The maximum absolute atomic E-state index is 7.42. The first-order valence-corrected chi connectivity index (χ1v) is 4.23. The molecule has 0 bridgehead atoms. The molecular weight excluding hydrogens is 168 g/mol. The number of nitrogens with zero attached hydrogens (tertiary/aromatic N) is 1. The van der Waals surface area contributed by atoms with Gasteiger partial charge in [-0.05, 0) is 13.8 Å². The smallest absolute Gasteiger partial charge is 0.183 e. The Labute approximate surface area is 68.6 Å². The number of rotatable bonds is 1. The summed E-state index contributed by atoms with van der Waals surface area (Å²) in [5.41, 5.74) is 0. The highest BCUT2D eigenvalue weighted by Gasteiger charge is 2.00. The fourth-order valence-electron chi connectivity index (χ4n) is 0.723. The largest absolute Gasteiger partial charge is 0.320 e. The van der Waals surface area contributed by atoms with Crippen molar-refractivity contribution < 1.29 is 0 Å². The number of aromatic nitrogens is 1. The lowest BCUT2D eigenvalue weighted by molar-refractivity contribution is 0.580. The average molecular weight is 177 g/mol. The zero-order valence-electron chi connectivity index (χ0n) is 5.89. The molecule has 56 valence electrons. The van der Waals surface area contributed by atoms with Gasteiger partial charge in [0.05, 0.1) is 0 Å². The number of hydrogen-bond acceptors (Lipinski definition) is 2. The van der Waals surface area contributed by atoms with Crippen LogP contribution < -0.4 is 4.80 Å². The van der Waals surface area contributed by atoms with Crippen LogP contribution in [0.3, 0.4) is 0 Å². The minimum absolute atomic E-state index is 0.330. The van der Waals surface area contributed by atoms with Crippen molar-refractivity contribution in [2.24, 2.45) is 0 Å². The van der Waals surface area contributed by atoms with Gasteiger partial charge in [0.2, 0.25) is 0 Å². The highest BCUT2D eigenvalue weighted by atomic mass is 35.5. The van der Waals surface area contributed by atoms with Crippen LogP contribution in [-0.4, -0.2) is 4.57 Å². The molecule has 0 fully saturated rings. The Bertz CT molecular complexity index is 274. The predicted molar refractivity (Wildman–Crippen MR) is 43.6 cm³/mol. The Balaban J connectivity index is 3.16. The van der Waals surface area contributed by atoms with Gasteiger partial charge in [0.1, 0.15) is 4.34 Å². The first-order valence-electron chi connectivity index (χ1n) is 3.03. The molecule has 0 aliphatic carbocycles. The summed E-state index contributed by atoms with van der Waals surface area (Å²) >= 11 is 6.98. The van der Waals surface area contributed by atoms with E-state index in [9.17, 15) is 0 Å². The summed E-state index contributed by atoms with van der Waals surface area (Å²) in [6.45, 7) is 4.06. The van der Waals surface area contributed by atoms with Crippen molar-refractivity contribution in [2.75, 3.05) is 0 Å². The maximum Gasteiger partial charge on any atom is 0.183 e. The van der Waals surface area contributed by atoms with E-state index in [0.29, 0.717) is 15.2 Å². The van der Waals surface area contributed by atoms with Crippen LogP contribution in [0.1, 0.15) is 19.9 Å². The third kappa shape index (κ3) is 1.41. The van der Waals surface area contributed by atoms with Crippen molar-refractivity contribution in [1.29, 1.82) is 5.41 Å². The molecule has 2 nitrogen and oxygen atoms in total. The molecule has 0 unspecified atom stereocenters. The standard InChI is InChI=1S/C6H9ClN2S/c1-4(2)9-3-5(7)10-6(9)8/h3-4,8H,1-2H3. The molecule has 4 heteroatoms. The van der Waals surface area contributed by atoms with Crippen LogP contribution in [0.4, 0.5) is 0 Å². The Morgan fingerprint density at radius 3 is 2.50 bits per heavy atom. The number of halogens is 1. The lowest BCUT2D eigenvalue weighted by atomic mass is 10.4. The third-order valence-corrected chi connectivity index (χ3v) is 2.26. The van der Waals surface area contributed by atoms with E-state index in [1.165, 1.54) is 11.3 Å². The van der Waals surface area contributed by atoms with E-state index < -0.39 is 0 Å². The topological polar surface area (TPSA) is 28.8 Å².